The molecule has 5 rings (SSSR count). The molecule has 0 radical (unpaired) electrons. The molecule has 1 aliphatic heterocycles. The Morgan fingerprint density at radius 1 is 0.961 bits per heavy atom. The molecule has 0 saturated carbocycles. The molecule has 270 valence electrons. The Hall–Kier alpha value is -4.34. The molecule has 1 amide bonds. The number of aliphatic imine (C=N–C) groups is 1. The van der Waals surface area contributed by atoms with Crippen LogP contribution in [0.3, 0.4) is 0 Å². The van der Waals surface area contributed by atoms with Gasteiger partial charge in [-0.3, -0.25) is 10.2 Å². The van der Waals surface area contributed by atoms with Crippen molar-refractivity contribution in [2.24, 2.45) is 4.99 Å². The van der Waals surface area contributed by atoms with E-state index in [9.17, 15) is 26.4 Å². The summed E-state index contributed by atoms with van der Waals surface area (Å²) in [5, 5.41) is 9.51. The molecule has 0 fully saturated rings. The van der Waals surface area contributed by atoms with Gasteiger partial charge in [-0.2, -0.15) is 0 Å². The Morgan fingerprint density at radius 3 is 2.29 bits per heavy atom. The van der Waals surface area contributed by atoms with Gasteiger partial charge in [0.1, 0.15) is 11.5 Å². The summed E-state index contributed by atoms with van der Waals surface area (Å²) in [5.74, 6) is -1.14. The lowest BCUT2D eigenvalue weighted by atomic mass is 9.85. The summed E-state index contributed by atoms with van der Waals surface area (Å²) in [6, 6.07) is 24.0. The van der Waals surface area contributed by atoms with Crippen LogP contribution in [0.2, 0.25) is 10.0 Å². The highest BCUT2D eigenvalue weighted by Gasteiger charge is 2.54. The number of nitrogens with one attached hydrogen (secondary N) is 2. The number of amides is 1. The van der Waals surface area contributed by atoms with E-state index in [2.05, 4.69) is 15.6 Å². The first-order valence-corrected chi connectivity index (χ1v) is 17.9. The van der Waals surface area contributed by atoms with Crippen molar-refractivity contribution >= 4 is 44.8 Å². The van der Waals surface area contributed by atoms with Crippen LogP contribution >= 0.6 is 23.2 Å². The average molecular weight is 767 g/mol. The van der Waals surface area contributed by atoms with Crippen molar-refractivity contribution < 1.29 is 45.7 Å². The third-order valence-corrected chi connectivity index (χ3v) is 10.1. The lowest BCUT2D eigenvalue weighted by molar-refractivity contribution is -0.274. The van der Waals surface area contributed by atoms with Gasteiger partial charge in [-0.1, -0.05) is 59.6 Å². The van der Waals surface area contributed by atoms with Gasteiger partial charge in [-0.05, 0) is 66.2 Å². The maximum Gasteiger partial charge on any atom is 0.573 e. The molecule has 10 nitrogen and oxygen atoms in total. The first kappa shape index (κ1) is 37.9. The van der Waals surface area contributed by atoms with E-state index in [0.29, 0.717) is 40.5 Å². The fraction of sp³-hybridized carbons (Fsp3) is 0.257. The Bertz CT molecular complexity index is 1950. The van der Waals surface area contributed by atoms with Gasteiger partial charge in [0.05, 0.1) is 17.3 Å². The third kappa shape index (κ3) is 9.71. The molecule has 0 spiro atoms. The zero-order valence-electron chi connectivity index (χ0n) is 26.7. The number of alkyl halides is 3. The summed E-state index contributed by atoms with van der Waals surface area (Å²) in [4.78, 5) is 19.2. The van der Waals surface area contributed by atoms with Crippen molar-refractivity contribution in [2.45, 2.75) is 42.3 Å². The van der Waals surface area contributed by atoms with Crippen LogP contribution < -0.4 is 20.3 Å². The first-order valence-electron chi connectivity index (χ1n) is 15.5. The van der Waals surface area contributed by atoms with Crippen molar-refractivity contribution in [1.82, 2.24) is 10.9 Å². The van der Waals surface area contributed by atoms with E-state index in [0.717, 1.165) is 12.1 Å². The molecule has 0 aromatic heterocycles. The van der Waals surface area contributed by atoms with Gasteiger partial charge in [-0.15, -0.1) is 13.2 Å². The summed E-state index contributed by atoms with van der Waals surface area (Å²) >= 11 is 12.8. The standard InChI is InChI=1S/C35H32Cl2F3N3O7S/c36-25-11-16-29(30(37)21-25)31-34(17-20-51(46,47)28-5-2-1-3-6-28,42-32(49-31)24-9-14-26(15-10-24)48-19-4-18-44)33(45)43-41-22-23-7-12-27(13-8-23)50-35(38,39)40/h1-3,5-16,21,31,41,44H,4,17-20,22H2,(H,43,45)/t31-,34-/m0/s1. The van der Waals surface area contributed by atoms with Gasteiger partial charge in [0.25, 0.3) is 5.91 Å². The van der Waals surface area contributed by atoms with Gasteiger partial charge in [0, 0.05) is 47.2 Å². The largest absolute Gasteiger partial charge is 0.573 e. The number of hydrogen-bond donors (Lipinski definition) is 3. The van der Waals surface area contributed by atoms with Crippen LogP contribution in [-0.2, 0) is 25.9 Å². The van der Waals surface area contributed by atoms with Crippen LogP contribution in [0.15, 0.2) is 107 Å². The molecule has 4 aromatic rings. The van der Waals surface area contributed by atoms with Crippen LogP contribution in [-0.4, -0.2) is 56.2 Å². The second kappa shape index (κ2) is 16.3. The summed E-state index contributed by atoms with van der Waals surface area (Å²) in [5.41, 5.74) is 4.70. The van der Waals surface area contributed by atoms with Crippen molar-refractivity contribution in [1.29, 1.82) is 0 Å². The van der Waals surface area contributed by atoms with E-state index in [1.165, 1.54) is 30.3 Å². The lowest BCUT2D eigenvalue weighted by Crippen LogP contribution is -2.53. The van der Waals surface area contributed by atoms with Gasteiger partial charge >= 0.3 is 6.36 Å². The van der Waals surface area contributed by atoms with Crippen LogP contribution in [0.25, 0.3) is 0 Å². The van der Waals surface area contributed by atoms with E-state index >= 15 is 0 Å². The molecule has 2 atom stereocenters. The molecule has 1 heterocycles. The number of carbonyl (C=O) groups excluding carboxylic acids is 1. The highest BCUT2D eigenvalue weighted by molar-refractivity contribution is 7.91. The normalized spacial score (nSPS) is 17.4. The predicted octanol–water partition coefficient (Wildman–Crippen LogP) is 6.60. The molecule has 3 N–H and O–H groups in total. The summed E-state index contributed by atoms with van der Waals surface area (Å²) in [6.07, 6.45) is -5.99. The number of halogens is 5. The Labute approximate surface area is 302 Å². The minimum Gasteiger partial charge on any atom is -0.494 e. The second-order valence-electron chi connectivity index (χ2n) is 11.3. The fourth-order valence-electron chi connectivity index (χ4n) is 5.24. The van der Waals surface area contributed by atoms with Crippen LogP contribution in [0, 0.1) is 0 Å². The zero-order valence-corrected chi connectivity index (χ0v) is 29.0. The topological polar surface area (TPSA) is 136 Å². The van der Waals surface area contributed by atoms with Crippen molar-refractivity contribution in [3.05, 3.63) is 124 Å². The number of aliphatic hydroxyl groups excluding tert-OH is 1. The van der Waals surface area contributed by atoms with Gasteiger partial charge in [0.2, 0.25) is 5.90 Å². The van der Waals surface area contributed by atoms with Gasteiger partial charge < -0.3 is 19.3 Å². The molecule has 0 unspecified atom stereocenters. The number of nitrogens with zero attached hydrogens (tertiary/aromatic N) is 1. The molecule has 51 heavy (non-hydrogen) atoms. The summed E-state index contributed by atoms with van der Waals surface area (Å²) in [6.45, 7) is 0.236. The van der Waals surface area contributed by atoms with Crippen molar-refractivity contribution in [3.8, 4) is 11.5 Å². The molecule has 0 bridgehead atoms. The Kier molecular flexibility index (Phi) is 12.1. The highest BCUT2D eigenvalue weighted by Crippen LogP contribution is 2.45. The van der Waals surface area contributed by atoms with Gasteiger partial charge in [-0.25, -0.2) is 18.8 Å². The molecule has 4 aromatic carbocycles. The van der Waals surface area contributed by atoms with Crippen molar-refractivity contribution in [2.75, 3.05) is 19.0 Å². The number of aliphatic hydroxyl groups is 1. The molecule has 0 saturated heterocycles. The van der Waals surface area contributed by atoms with E-state index in [1.807, 2.05) is 0 Å². The number of benzene rings is 4. The number of hydrazine groups is 1. The molecular formula is C35H32Cl2F3N3O7S. The third-order valence-electron chi connectivity index (χ3n) is 7.78. The fourth-order valence-corrected chi connectivity index (χ4v) is 7.14. The Morgan fingerprint density at radius 2 is 1.65 bits per heavy atom. The highest BCUT2D eigenvalue weighted by atomic mass is 35.5. The maximum absolute atomic E-state index is 14.4. The monoisotopic (exact) mass is 765 g/mol. The summed E-state index contributed by atoms with van der Waals surface area (Å²) in [7, 11) is -3.93. The van der Waals surface area contributed by atoms with E-state index in [1.54, 1.807) is 54.6 Å². The number of sulfone groups is 1. The lowest BCUT2D eigenvalue weighted by Gasteiger charge is -2.31. The second-order valence-corrected chi connectivity index (χ2v) is 14.3. The van der Waals surface area contributed by atoms with E-state index in [-0.39, 0.29) is 35.4 Å². The van der Waals surface area contributed by atoms with Crippen LogP contribution in [0.5, 0.6) is 11.5 Å². The molecule has 0 aliphatic carbocycles. The number of rotatable bonds is 15. The number of hydrogen-bond acceptors (Lipinski definition) is 9. The SMILES string of the molecule is O=C(NNCc1ccc(OC(F)(F)F)cc1)[C@@]1(CCS(=O)(=O)c2ccccc2)N=C(c2ccc(OCCCO)cc2)O[C@H]1c1ccc(Cl)cc1Cl. The molecular weight excluding hydrogens is 734 g/mol. The first-order chi connectivity index (χ1) is 24.3. The Balaban J connectivity index is 1.49. The number of ether oxygens (including phenoxy) is 3. The van der Waals surface area contributed by atoms with Crippen LogP contribution in [0.1, 0.15) is 35.6 Å². The average Bonchev–Trinajstić information content (AvgIpc) is 3.49. The minimum atomic E-state index is -4.85. The number of carbonyl (C=O) groups is 1. The summed E-state index contributed by atoms with van der Waals surface area (Å²) < 4.78 is 80.7. The van der Waals surface area contributed by atoms with E-state index in [4.69, 9.17) is 42.8 Å². The predicted molar refractivity (Wildman–Crippen MR) is 184 cm³/mol. The maximum atomic E-state index is 14.4. The smallest absolute Gasteiger partial charge is 0.494 e. The quantitative estimate of drug-likeness (QED) is 0.0911. The molecule has 1 aliphatic rings. The minimum absolute atomic E-state index is 0.0282. The van der Waals surface area contributed by atoms with E-state index < -0.39 is 45.3 Å². The van der Waals surface area contributed by atoms with Gasteiger partial charge in [0.15, 0.2) is 21.5 Å². The molecule has 16 heteroatoms. The van der Waals surface area contributed by atoms with Crippen LogP contribution in [0.4, 0.5) is 13.2 Å². The van der Waals surface area contributed by atoms with Crippen molar-refractivity contribution in [3.63, 3.8) is 0 Å². The zero-order chi connectivity index (χ0) is 36.6.